The predicted molar refractivity (Wildman–Crippen MR) is 85.7 cm³/mol. The van der Waals surface area contributed by atoms with Crippen LogP contribution in [0.15, 0.2) is 18.2 Å². The van der Waals surface area contributed by atoms with Crippen molar-refractivity contribution in [2.75, 3.05) is 5.73 Å². The molecule has 0 aliphatic carbocycles. The molecule has 1 aromatic carbocycles. The first-order chi connectivity index (χ1) is 10.2. The second-order valence-corrected chi connectivity index (χ2v) is 5.67. The fourth-order valence-corrected chi connectivity index (χ4v) is 2.48. The van der Waals surface area contributed by atoms with Crippen molar-refractivity contribution in [3.63, 3.8) is 0 Å². The number of aryl methyl sites for hydroxylation is 1. The molecule has 0 bridgehead atoms. The van der Waals surface area contributed by atoms with E-state index in [-0.39, 0.29) is 0 Å². The topological polar surface area (TPSA) is 69.6 Å². The Morgan fingerprint density at radius 3 is 2.76 bits per heavy atom. The van der Waals surface area contributed by atoms with E-state index < -0.39 is 0 Å². The monoisotopic (exact) mass is 287 g/mol. The fraction of sp³-hybridized carbons (Fsp3) is 0.562. The lowest BCUT2D eigenvalue weighted by atomic mass is 9.99. The van der Waals surface area contributed by atoms with Crippen molar-refractivity contribution in [2.45, 2.75) is 53.0 Å². The average Bonchev–Trinajstić information content (AvgIpc) is 2.94. The number of nitrogen functional groups attached to an aromatic ring is 1. The lowest BCUT2D eigenvalue weighted by molar-refractivity contribution is 0.370. The molecule has 0 amide bonds. The van der Waals surface area contributed by atoms with Crippen LogP contribution in [-0.4, -0.2) is 20.2 Å². The van der Waals surface area contributed by atoms with E-state index >= 15 is 0 Å². The zero-order chi connectivity index (χ0) is 15.2. The highest BCUT2D eigenvalue weighted by Gasteiger charge is 2.14. The highest BCUT2D eigenvalue weighted by Crippen LogP contribution is 2.23. The van der Waals surface area contributed by atoms with Crippen LogP contribution in [0.2, 0.25) is 0 Å². The Balaban J connectivity index is 2.19. The first-order valence-electron chi connectivity index (χ1n) is 7.78. The number of hydrogen-bond acceptors (Lipinski definition) is 4. The van der Waals surface area contributed by atoms with Crippen molar-refractivity contribution in [1.82, 2.24) is 20.2 Å². The van der Waals surface area contributed by atoms with Crippen molar-refractivity contribution in [3.05, 3.63) is 23.8 Å². The third-order valence-corrected chi connectivity index (χ3v) is 4.04. The van der Waals surface area contributed by atoms with Gasteiger partial charge in [0.1, 0.15) is 0 Å². The number of benzene rings is 1. The number of hydrogen-bond donors (Lipinski definition) is 1. The Morgan fingerprint density at radius 2 is 2.10 bits per heavy atom. The van der Waals surface area contributed by atoms with Crippen LogP contribution in [0.4, 0.5) is 5.69 Å². The highest BCUT2D eigenvalue weighted by molar-refractivity contribution is 5.63. The molecule has 0 aliphatic rings. The zero-order valence-corrected chi connectivity index (χ0v) is 13.2. The summed E-state index contributed by atoms with van der Waals surface area (Å²) in [4.78, 5) is 0. The van der Waals surface area contributed by atoms with E-state index in [9.17, 15) is 0 Å². The van der Waals surface area contributed by atoms with Crippen molar-refractivity contribution >= 4 is 5.69 Å². The molecule has 2 aromatic rings. The summed E-state index contributed by atoms with van der Waals surface area (Å²) in [7, 11) is 0. The summed E-state index contributed by atoms with van der Waals surface area (Å²) in [6.07, 6.45) is 4.86. The second-order valence-electron chi connectivity index (χ2n) is 5.67. The Morgan fingerprint density at radius 1 is 1.29 bits per heavy atom. The fourth-order valence-electron chi connectivity index (χ4n) is 2.48. The second kappa shape index (κ2) is 7.20. The minimum Gasteiger partial charge on any atom is -0.398 e. The van der Waals surface area contributed by atoms with Crippen LogP contribution >= 0.6 is 0 Å². The van der Waals surface area contributed by atoms with Gasteiger partial charge in [-0.2, -0.15) is 0 Å². The van der Waals surface area contributed by atoms with E-state index in [4.69, 9.17) is 5.73 Å². The molecule has 1 atom stereocenters. The van der Waals surface area contributed by atoms with Gasteiger partial charge >= 0.3 is 0 Å². The summed E-state index contributed by atoms with van der Waals surface area (Å²) in [5.74, 6) is 1.42. The van der Waals surface area contributed by atoms with Gasteiger partial charge in [0.05, 0.1) is 0 Å². The van der Waals surface area contributed by atoms with Crippen LogP contribution in [0, 0.1) is 12.8 Å². The minimum atomic E-state index is 0.620. The van der Waals surface area contributed by atoms with Gasteiger partial charge in [-0.3, -0.25) is 0 Å². The molecule has 0 fully saturated rings. The van der Waals surface area contributed by atoms with E-state index in [1.807, 2.05) is 29.8 Å². The van der Waals surface area contributed by atoms with Gasteiger partial charge in [-0.1, -0.05) is 45.2 Å². The molecule has 0 saturated heterocycles. The van der Waals surface area contributed by atoms with Crippen LogP contribution in [0.1, 0.15) is 45.1 Å². The molecule has 21 heavy (non-hydrogen) atoms. The molecule has 1 unspecified atom stereocenters. The standard InChI is InChI=1S/C16H25N5/c1-4-6-7-13(5-2)11-21-16(18-19-20-21)14-9-8-12(3)15(17)10-14/h8-10,13H,4-7,11,17H2,1-3H3. The minimum absolute atomic E-state index is 0.620. The van der Waals surface area contributed by atoms with Crippen molar-refractivity contribution in [2.24, 2.45) is 5.92 Å². The summed E-state index contributed by atoms with van der Waals surface area (Å²) >= 11 is 0. The van der Waals surface area contributed by atoms with Gasteiger partial charge in [-0.25, -0.2) is 4.68 Å². The summed E-state index contributed by atoms with van der Waals surface area (Å²) in [6, 6.07) is 5.99. The first kappa shape index (κ1) is 15.5. The number of tetrazole rings is 1. The molecule has 1 aromatic heterocycles. The number of anilines is 1. The molecule has 0 saturated carbocycles. The van der Waals surface area contributed by atoms with Gasteiger partial charge in [0.25, 0.3) is 0 Å². The number of rotatable bonds is 7. The van der Waals surface area contributed by atoms with Crippen molar-refractivity contribution < 1.29 is 0 Å². The molecule has 2 N–H and O–H groups in total. The number of nitrogens with two attached hydrogens (primary N) is 1. The smallest absolute Gasteiger partial charge is 0.182 e. The van der Waals surface area contributed by atoms with Gasteiger partial charge in [0, 0.05) is 17.8 Å². The van der Waals surface area contributed by atoms with Crippen molar-refractivity contribution in [3.8, 4) is 11.4 Å². The van der Waals surface area contributed by atoms with Crippen LogP contribution in [-0.2, 0) is 6.54 Å². The molecule has 0 radical (unpaired) electrons. The molecule has 0 aliphatic heterocycles. The lowest BCUT2D eigenvalue weighted by Gasteiger charge is -2.15. The van der Waals surface area contributed by atoms with E-state index in [2.05, 4.69) is 29.4 Å². The molecule has 1 heterocycles. The van der Waals surface area contributed by atoms with Gasteiger partial charge in [-0.05, 0) is 41.3 Å². The van der Waals surface area contributed by atoms with Gasteiger partial charge in [-0.15, -0.1) is 5.10 Å². The molecule has 2 rings (SSSR count). The average molecular weight is 287 g/mol. The predicted octanol–water partition coefficient (Wildman–Crippen LogP) is 3.45. The molecular formula is C16H25N5. The Bertz CT molecular complexity index is 576. The third kappa shape index (κ3) is 3.80. The highest BCUT2D eigenvalue weighted by atomic mass is 15.5. The molecule has 5 nitrogen and oxygen atoms in total. The normalized spacial score (nSPS) is 12.5. The van der Waals surface area contributed by atoms with E-state index in [1.165, 1.54) is 19.3 Å². The van der Waals surface area contributed by atoms with Crippen molar-refractivity contribution in [1.29, 1.82) is 0 Å². The van der Waals surface area contributed by atoms with Crippen LogP contribution in [0.25, 0.3) is 11.4 Å². The van der Waals surface area contributed by atoms with Gasteiger partial charge in [0.15, 0.2) is 5.82 Å². The van der Waals surface area contributed by atoms with Crippen LogP contribution < -0.4 is 5.73 Å². The zero-order valence-electron chi connectivity index (χ0n) is 13.2. The first-order valence-corrected chi connectivity index (χ1v) is 7.78. The van der Waals surface area contributed by atoms with Gasteiger partial charge < -0.3 is 5.73 Å². The Kier molecular flexibility index (Phi) is 5.31. The molecular weight excluding hydrogens is 262 g/mol. The Labute approximate surface area is 126 Å². The van der Waals surface area contributed by atoms with Crippen LogP contribution in [0.3, 0.4) is 0 Å². The lowest BCUT2D eigenvalue weighted by Crippen LogP contribution is -2.13. The third-order valence-electron chi connectivity index (χ3n) is 4.04. The summed E-state index contributed by atoms with van der Waals surface area (Å²) in [6.45, 7) is 7.32. The van der Waals surface area contributed by atoms with E-state index in [0.717, 1.165) is 35.6 Å². The van der Waals surface area contributed by atoms with Gasteiger partial charge in [0.2, 0.25) is 0 Å². The SMILES string of the molecule is CCCCC(CC)Cn1nnnc1-c1ccc(C)c(N)c1. The maximum absolute atomic E-state index is 5.99. The van der Waals surface area contributed by atoms with E-state index in [0.29, 0.717) is 5.92 Å². The molecule has 5 heteroatoms. The largest absolute Gasteiger partial charge is 0.398 e. The maximum atomic E-state index is 5.99. The quantitative estimate of drug-likeness (QED) is 0.792. The summed E-state index contributed by atoms with van der Waals surface area (Å²) < 4.78 is 1.91. The summed E-state index contributed by atoms with van der Waals surface area (Å²) in [5, 5.41) is 12.2. The van der Waals surface area contributed by atoms with Crippen LogP contribution in [0.5, 0.6) is 0 Å². The number of nitrogens with zero attached hydrogens (tertiary/aromatic N) is 4. The number of aromatic nitrogens is 4. The summed E-state index contributed by atoms with van der Waals surface area (Å²) in [5.41, 5.74) is 8.83. The molecule has 0 spiro atoms. The molecule has 114 valence electrons. The van der Waals surface area contributed by atoms with E-state index in [1.54, 1.807) is 0 Å². The number of unbranched alkanes of at least 4 members (excludes halogenated alkanes) is 1. The Hall–Kier alpha value is -1.91. The maximum Gasteiger partial charge on any atom is 0.182 e.